The summed E-state index contributed by atoms with van der Waals surface area (Å²) in [4.78, 5) is 14.4. The molecule has 0 saturated carbocycles. The summed E-state index contributed by atoms with van der Waals surface area (Å²) in [5.41, 5.74) is 0.749. The summed E-state index contributed by atoms with van der Waals surface area (Å²) in [5.74, 6) is 0. The second-order valence-corrected chi connectivity index (χ2v) is 7.47. The quantitative estimate of drug-likeness (QED) is 0.825. The topological polar surface area (TPSA) is 104 Å². The van der Waals surface area contributed by atoms with Gasteiger partial charge < -0.3 is 10.0 Å². The van der Waals surface area contributed by atoms with Crippen molar-refractivity contribution in [1.29, 1.82) is 0 Å². The van der Waals surface area contributed by atoms with Gasteiger partial charge >= 0.3 is 6.09 Å². The maximum Gasteiger partial charge on any atom is 0.407 e. The van der Waals surface area contributed by atoms with Crippen LogP contribution in [0, 0.1) is 5.41 Å². The lowest BCUT2D eigenvalue weighted by Crippen LogP contribution is -2.72. The molecule has 2 aliphatic heterocycles. The summed E-state index contributed by atoms with van der Waals surface area (Å²) in [6, 6.07) is 6.71. The van der Waals surface area contributed by atoms with Crippen LogP contribution in [-0.4, -0.2) is 55.6 Å². The third kappa shape index (κ3) is 2.61. The number of carbonyl (C=O) groups is 1. The number of primary sulfonamides is 1. The fourth-order valence-corrected chi connectivity index (χ4v) is 4.03. The highest BCUT2D eigenvalue weighted by Crippen LogP contribution is 2.40. The van der Waals surface area contributed by atoms with Gasteiger partial charge in [0.2, 0.25) is 10.0 Å². The Hall–Kier alpha value is -1.64. The Morgan fingerprint density at radius 3 is 2.43 bits per heavy atom. The predicted octanol–water partition coefficient (Wildman–Crippen LogP) is 0.130. The number of hydrogen-bond donors (Lipinski definition) is 2. The third-order valence-corrected chi connectivity index (χ3v) is 5.13. The molecule has 3 rings (SSSR count). The first-order valence-electron chi connectivity index (χ1n) is 6.60. The molecule has 0 atom stereocenters. The number of benzene rings is 1. The normalized spacial score (nSPS) is 20.9. The SMILES string of the molecule is NS(=O)(=O)c1ccccc1CN1CC2(C1)CN(C(=O)O)C2. The largest absolute Gasteiger partial charge is 0.465 e. The summed E-state index contributed by atoms with van der Waals surface area (Å²) in [7, 11) is -3.72. The monoisotopic (exact) mass is 311 g/mol. The summed E-state index contributed by atoms with van der Waals surface area (Å²) >= 11 is 0. The van der Waals surface area contributed by atoms with Crippen molar-refractivity contribution in [3.63, 3.8) is 0 Å². The van der Waals surface area contributed by atoms with E-state index in [1.807, 2.05) is 0 Å². The van der Waals surface area contributed by atoms with Gasteiger partial charge in [0.1, 0.15) is 0 Å². The van der Waals surface area contributed by atoms with E-state index in [9.17, 15) is 13.2 Å². The Kier molecular flexibility index (Phi) is 3.19. The van der Waals surface area contributed by atoms with Crippen molar-refractivity contribution in [2.45, 2.75) is 11.4 Å². The van der Waals surface area contributed by atoms with Gasteiger partial charge in [-0.3, -0.25) is 4.90 Å². The molecule has 0 unspecified atom stereocenters. The van der Waals surface area contributed by atoms with Crippen LogP contribution in [0.1, 0.15) is 5.56 Å². The highest BCUT2D eigenvalue weighted by atomic mass is 32.2. The third-order valence-electron chi connectivity index (χ3n) is 4.11. The first-order valence-corrected chi connectivity index (χ1v) is 8.15. The Morgan fingerprint density at radius 1 is 1.24 bits per heavy atom. The van der Waals surface area contributed by atoms with Crippen LogP contribution >= 0.6 is 0 Å². The first-order chi connectivity index (χ1) is 9.79. The molecular weight excluding hydrogens is 294 g/mol. The van der Waals surface area contributed by atoms with Gasteiger partial charge in [-0.05, 0) is 11.6 Å². The molecule has 8 heteroatoms. The standard InChI is InChI=1S/C13H17N3O4S/c14-21(19,20)11-4-2-1-3-10(11)5-15-6-13(7-15)8-16(9-13)12(17)18/h1-4H,5-9H2,(H,17,18)(H2,14,19,20). The number of likely N-dealkylation sites (tertiary alicyclic amines) is 2. The van der Waals surface area contributed by atoms with Crippen molar-refractivity contribution in [1.82, 2.24) is 9.80 Å². The molecular formula is C13H17N3O4S. The number of rotatable bonds is 3. The molecule has 0 aliphatic carbocycles. The zero-order valence-corrected chi connectivity index (χ0v) is 12.2. The van der Waals surface area contributed by atoms with E-state index in [1.54, 1.807) is 18.2 Å². The Morgan fingerprint density at radius 2 is 1.86 bits per heavy atom. The van der Waals surface area contributed by atoms with Crippen molar-refractivity contribution in [2.75, 3.05) is 26.2 Å². The number of nitrogens with zero attached hydrogens (tertiary/aromatic N) is 2. The van der Waals surface area contributed by atoms with Crippen LogP contribution in [0.2, 0.25) is 0 Å². The molecule has 2 aliphatic rings. The second-order valence-electron chi connectivity index (χ2n) is 5.94. The molecule has 1 spiro atoms. The minimum Gasteiger partial charge on any atom is -0.465 e. The minimum absolute atomic E-state index is 0.0644. The van der Waals surface area contributed by atoms with Gasteiger partial charge in [-0.25, -0.2) is 18.4 Å². The Bertz CT molecular complexity index is 674. The average Bonchev–Trinajstić information content (AvgIpc) is 2.29. The second kappa shape index (κ2) is 4.69. The fourth-order valence-electron chi connectivity index (χ4n) is 3.27. The Labute approximate surface area is 123 Å². The van der Waals surface area contributed by atoms with Crippen molar-refractivity contribution in [2.24, 2.45) is 10.6 Å². The zero-order chi connectivity index (χ0) is 15.3. The van der Waals surface area contributed by atoms with Crippen LogP contribution in [0.25, 0.3) is 0 Å². The highest BCUT2D eigenvalue weighted by molar-refractivity contribution is 7.89. The molecule has 1 aromatic rings. The van der Waals surface area contributed by atoms with Crippen LogP contribution in [0.5, 0.6) is 0 Å². The minimum atomic E-state index is -3.72. The van der Waals surface area contributed by atoms with Crippen molar-refractivity contribution in [3.05, 3.63) is 29.8 Å². The average molecular weight is 311 g/mol. The van der Waals surface area contributed by atoms with E-state index in [4.69, 9.17) is 10.2 Å². The molecule has 0 bridgehead atoms. The lowest BCUT2D eigenvalue weighted by molar-refractivity contribution is -0.105. The van der Waals surface area contributed by atoms with Crippen LogP contribution in [0.4, 0.5) is 4.79 Å². The maximum absolute atomic E-state index is 11.5. The molecule has 3 N–H and O–H groups in total. The molecule has 0 aromatic heterocycles. The molecule has 2 saturated heterocycles. The van der Waals surface area contributed by atoms with E-state index in [1.165, 1.54) is 11.0 Å². The van der Waals surface area contributed by atoms with Crippen molar-refractivity contribution >= 4 is 16.1 Å². The van der Waals surface area contributed by atoms with E-state index in [0.717, 1.165) is 13.1 Å². The lowest BCUT2D eigenvalue weighted by atomic mass is 9.73. The van der Waals surface area contributed by atoms with Gasteiger partial charge in [-0.1, -0.05) is 18.2 Å². The number of nitrogens with two attached hydrogens (primary N) is 1. The van der Waals surface area contributed by atoms with Gasteiger partial charge in [0.05, 0.1) is 4.90 Å². The molecule has 2 fully saturated rings. The van der Waals surface area contributed by atoms with E-state index in [0.29, 0.717) is 25.2 Å². The predicted molar refractivity (Wildman–Crippen MR) is 75.1 cm³/mol. The molecule has 21 heavy (non-hydrogen) atoms. The number of amides is 1. The van der Waals surface area contributed by atoms with Gasteiger partial charge in [0.25, 0.3) is 0 Å². The van der Waals surface area contributed by atoms with Crippen LogP contribution in [0.3, 0.4) is 0 Å². The van der Waals surface area contributed by atoms with Gasteiger partial charge in [0, 0.05) is 38.1 Å². The highest BCUT2D eigenvalue weighted by Gasteiger charge is 2.53. The maximum atomic E-state index is 11.5. The zero-order valence-electron chi connectivity index (χ0n) is 11.4. The van der Waals surface area contributed by atoms with Gasteiger partial charge in [0.15, 0.2) is 0 Å². The Balaban J connectivity index is 1.63. The molecule has 7 nitrogen and oxygen atoms in total. The van der Waals surface area contributed by atoms with Gasteiger partial charge in [-0.15, -0.1) is 0 Å². The molecule has 114 valence electrons. The molecule has 0 radical (unpaired) electrons. The van der Waals surface area contributed by atoms with E-state index < -0.39 is 16.1 Å². The van der Waals surface area contributed by atoms with E-state index in [2.05, 4.69) is 4.90 Å². The number of hydrogen-bond acceptors (Lipinski definition) is 4. The summed E-state index contributed by atoms with van der Waals surface area (Å²) in [5, 5.41) is 14.1. The van der Waals surface area contributed by atoms with Crippen molar-refractivity contribution in [3.8, 4) is 0 Å². The number of carboxylic acid groups (broad SMARTS) is 1. The van der Waals surface area contributed by atoms with Crippen LogP contribution in [0.15, 0.2) is 29.2 Å². The smallest absolute Gasteiger partial charge is 0.407 e. The van der Waals surface area contributed by atoms with Gasteiger partial charge in [-0.2, -0.15) is 0 Å². The van der Waals surface area contributed by atoms with Crippen LogP contribution in [-0.2, 0) is 16.6 Å². The summed E-state index contributed by atoms with van der Waals surface area (Å²) < 4.78 is 23.1. The first kappa shape index (κ1) is 14.3. The lowest BCUT2D eigenvalue weighted by Gasteiger charge is -2.59. The summed E-state index contributed by atoms with van der Waals surface area (Å²) in [6.07, 6.45) is -0.876. The molecule has 2 heterocycles. The molecule has 1 amide bonds. The molecule has 1 aromatic carbocycles. The number of sulfonamides is 1. The van der Waals surface area contributed by atoms with E-state index >= 15 is 0 Å². The van der Waals surface area contributed by atoms with E-state index in [-0.39, 0.29) is 10.3 Å². The van der Waals surface area contributed by atoms with Crippen LogP contribution < -0.4 is 5.14 Å². The fraction of sp³-hybridized carbons (Fsp3) is 0.462. The summed E-state index contributed by atoms with van der Waals surface area (Å²) in [6.45, 7) is 3.22. The van der Waals surface area contributed by atoms with Crippen molar-refractivity contribution < 1.29 is 18.3 Å².